The van der Waals surface area contributed by atoms with Gasteiger partial charge in [-0.25, -0.2) is 18.4 Å². The highest BCUT2D eigenvalue weighted by molar-refractivity contribution is 7.93. The first kappa shape index (κ1) is 24.7. The van der Waals surface area contributed by atoms with E-state index in [0.29, 0.717) is 24.7 Å². The van der Waals surface area contributed by atoms with Gasteiger partial charge in [-0.1, -0.05) is 0 Å². The van der Waals surface area contributed by atoms with E-state index in [-0.39, 0.29) is 18.1 Å². The van der Waals surface area contributed by atoms with Crippen molar-refractivity contribution in [3.8, 4) is 11.4 Å². The van der Waals surface area contributed by atoms with Crippen molar-refractivity contribution in [1.82, 2.24) is 29.7 Å². The summed E-state index contributed by atoms with van der Waals surface area (Å²) in [5.41, 5.74) is 3.94. The van der Waals surface area contributed by atoms with Crippen LogP contribution in [0.5, 0.6) is 0 Å². The van der Waals surface area contributed by atoms with Crippen molar-refractivity contribution in [2.75, 3.05) is 18.4 Å². The number of nitrogens with one attached hydrogen (secondary N) is 1. The Balaban J connectivity index is 1.51. The molecule has 192 valence electrons. The van der Waals surface area contributed by atoms with Gasteiger partial charge in [0.25, 0.3) is 0 Å². The van der Waals surface area contributed by atoms with Crippen LogP contribution in [0, 0.1) is 13.8 Å². The van der Waals surface area contributed by atoms with Crippen LogP contribution in [0.2, 0.25) is 0 Å². The van der Waals surface area contributed by atoms with Crippen LogP contribution in [0.4, 0.5) is 5.95 Å². The van der Waals surface area contributed by atoms with E-state index in [1.165, 1.54) is 7.11 Å². The van der Waals surface area contributed by atoms with Gasteiger partial charge in [0.05, 0.1) is 12.1 Å². The third-order valence-electron chi connectivity index (χ3n) is 7.06. The normalized spacial score (nSPS) is 21.3. The van der Waals surface area contributed by atoms with Crippen molar-refractivity contribution in [2.24, 2.45) is 0 Å². The molecule has 5 heterocycles. The molecule has 12 heteroatoms. The first-order chi connectivity index (χ1) is 17.3. The number of aryl methyl sites for hydroxylation is 2. The summed E-state index contributed by atoms with van der Waals surface area (Å²) < 4.78 is 43.3. The Bertz CT molecular complexity index is 1340. The van der Waals surface area contributed by atoms with Gasteiger partial charge in [-0.2, -0.15) is 0 Å². The van der Waals surface area contributed by atoms with Crippen LogP contribution in [0.25, 0.3) is 11.4 Å². The summed E-state index contributed by atoms with van der Waals surface area (Å²) in [7, 11) is -2.51. The Morgan fingerprint density at radius 2 is 1.92 bits per heavy atom. The number of nitrogens with zero attached hydrogens (tertiary/aromatic N) is 6. The van der Waals surface area contributed by atoms with E-state index in [4.69, 9.17) is 9.47 Å². The maximum absolute atomic E-state index is 13.5. The smallest absolute Gasteiger partial charge is 0.240 e. The number of pyridine rings is 1. The molecule has 11 nitrogen and oxygen atoms in total. The fourth-order valence-corrected chi connectivity index (χ4v) is 6.16. The second-order valence-corrected chi connectivity index (χ2v) is 11.5. The molecule has 1 saturated heterocycles. The summed E-state index contributed by atoms with van der Waals surface area (Å²) in [6, 6.07) is -0.143. The van der Waals surface area contributed by atoms with Crippen LogP contribution in [0.1, 0.15) is 60.8 Å². The monoisotopic (exact) mass is 513 g/mol. The predicted octanol–water partition coefficient (Wildman–Crippen LogP) is 2.93. The average Bonchev–Trinajstić information content (AvgIpc) is 3.29. The number of sulfonamides is 1. The standard InChI is InChI=1S/C24H31N7O4S/c1-14-10-26-22(27-11-14)21(34-4)16(3)36(32,33)30-24-29-28-23-18-13-25-12-15(2)17(18)9-19(31(23)24)20-7-5-6-8-35-20/h10-13,16,19-21H,5-9H2,1-4H3,(H,29,30)/t16-,19-,20-,21-/m0/s1. The molecular weight excluding hydrogens is 482 g/mol. The molecule has 0 radical (unpaired) electrons. The summed E-state index contributed by atoms with van der Waals surface area (Å²) in [6.07, 6.45) is 9.60. The summed E-state index contributed by atoms with van der Waals surface area (Å²) in [5.74, 6) is 1.04. The first-order valence-corrected chi connectivity index (χ1v) is 13.7. The zero-order chi connectivity index (χ0) is 25.4. The number of hydrogen-bond acceptors (Lipinski definition) is 9. The van der Waals surface area contributed by atoms with Gasteiger partial charge in [0.15, 0.2) is 11.6 Å². The highest BCUT2D eigenvalue weighted by atomic mass is 32.2. The maximum atomic E-state index is 13.5. The molecule has 0 aromatic carbocycles. The van der Waals surface area contributed by atoms with Crippen molar-refractivity contribution >= 4 is 16.0 Å². The Labute approximate surface area is 210 Å². The van der Waals surface area contributed by atoms with Crippen molar-refractivity contribution in [2.45, 2.75) is 70.0 Å². The van der Waals surface area contributed by atoms with Crippen molar-refractivity contribution < 1.29 is 17.9 Å². The molecule has 0 amide bonds. The van der Waals surface area contributed by atoms with E-state index < -0.39 is 21.4 Å². The number of anilines is 1. The summed E-state index contributed by atoms with van der Waals surface area (Å²) >= 11 is 0. The van der Waals surface area contributed by atoms with Gasteiger partial charge in [-0.05, 0) is 63.1 Å². The molecule has 0 aliphatic carbocycles. The van der Waals surface area contributed by atoms with Gasteiger partial charge in [0, 0.05) is 44.1 Å². The molecule has 1 fully saturated rings. The minimum atomic E-state index is -3.96. The molecule has 5 rings (SSSR count). The number of rotatable bonds is 7. The van der Waals surface area contributed by atoms with Gasteiger partial charge >= 0.3 is 0 Å². The van der Waals surface area contributed by atoms with Crippen LogP contribution < -0.4 is 4.72 Å². The number of hydrogen-bond donors (Lipinski definition) is 1. The van der Waals surface area contributed by atoms with Gasteiger partial charge in [-0.3, -0.25) is 14.3 Å². The van der Waals surface area contributed by atoms with E-state index in [1.54, 1.807) is 25.5 Å². The fourth-order valence-electron chi connectivity index (χ4n) is 5.02. The SMILES string of the molecule is CO[C@H](c1ncc(C)cn1)[C@H](C)S(=O)(=O)Nc1nnc2n1[C@H]([C@@H]1CCCCO1)Cc1c(C)cncc1-2. The van der Waals surface area contributed by atoms with E-state index in [9.17, 15) is 8.42 Å². The molecule has 1 N–H and O–H groups in total. The largest absolute Gasteiger partial charge is 0.376 e. The molecule has 3 aromatic rings. The number of methoxy groups -OCH3 is 1. The lowest BCUT2D eigenvalue weighted by Gasteiger charge is -2.36. The molecule has 4 atom stereocenters. The van der Waals surface area contributed by atoms with E-state index >= 15 is 0 Å². The van der Waals surface area contributed by atoms with E-state index in [0.717, 1.165) is 41.5 Å². The van der Waals surface area contributed by atoms with Gasteiger partial charge in [0.2, 0.25) is 16.0 Å². The molecular formula is C24H31N7O4S. The van der Waals surface area contributed by atoms with Gasteiger partial charge < -0.3 is 9.47 Å². The molecule has 0 saturated carbocycles. The highest BCUT2D eigenvalue weighted by Gasteiger charge is 2.39. The number of fused-ring (bicyclic) bond motifs is 3. The van der Waals surface area contributed by atoms with Crippen molar-refractivity contribution in [3.05, 3.63) is 47.3 Å². The predicted molar refractivity (Wildman–Crippen MR) is 133 cm³/mol. The third kappa shape index (κ3) is 4.48. The zero-order valence-electron chi connectivity index (χ0n) is 20.9. The summed E-state index contributed by atoms with van der Waals surface area (Å²) in [5, 5.41) is 7.67. The second kappa shape index (κ2) is 9.83. The Morgan fingerprint density at radius 3 is 2.61 bits per heavy atom. The molecule has 0 bridgehead atoms. The summed E-state index contributed by atoms with van der Waals surface area (Å²) in [4.78, 5) is 12.9. The Morgan fingerprint density at radius 1 is 1.14 bits per heavy atom. The van der Waals surface area contributed by atoms with Crippen molar-refractivity contribution in [1.29, 1.82) is 0 Å². The second-order valence-electron chi connectivity index (χ2n) is 9.50. The minimum Gasteiger partial charge on any atom is -0.376 e. The van der Waals surface area contributed by atoms with Crippen LogP contribution in [0.3, 0.4) is 0 Å². The van der Waals surface area contributed by atoms with Crippen LogP contribution >= 0.6 is 0 Å². The van der Waals surface area contributed by atoms with Crippen LogP contribution in [-0.4, -0.2) is 63.2 Å². The minimum absolute atomic E-state index is 0.0671. The lowest BCUT2D eigenvalue weighted by atomic mass is 9.89. The molecule has 3 aromatic heterocycles. The zero-order valence-corrected chi connectivity index (χ0v) is 21.7. The molecule has 0 unspecified atom stereocenters. The van der Waals surface area contributed by atoms with Crippen molar-refractivity contribution in [3.63, 3.8) is 0 Å². The Hall–Kier alpha value is -2.96. The summed E-state index contributed by atoms with van der Waals surface area (Å²) in [6.45, 7) is 6.14. The van der Waals surface area contributed by atoms with E-state index in [2.05, 4.69) is 29.9 Å². The number of ether oxygens (including phenoxy) is 2. The molecule has 2 aliphatic heterocycles. The molecule has 36 heavy (non-hydrogen) atoms. The quantitative estimate of drug-likeness (QED) is 0.506. The molecule has 0 spiro atoms. The highest BCUT2D eigenvalue weighted by Crippen LogP contribution is 2.41. The fraction of sp³-hybridized carbons (Fsp3) is 0.542. The van der Waals surface area contributed by atoms with Gasteiger partial charge in [0.1, 0.15) is 11.4 Å². The lowest BCUT2D eigenvalue weighted by molar-refractivity contribution is -0.0166. The lowest BCUT2D eigenvalue weighted by Crippen LogP contribution is -2.37. The van der Waals surface area contributed by atoms with Crippen LogP contribution in [-0.2, 0) is 25.9 Å². The third-order valence-corrected chi connectivity index (χ3v) is 8.75. The van der Waals surface area contributed by atoms with Gasteiger partial charge in [-0.15, -0.1) is 10.2 Å². The Kier molecular flexibility index (Phi) is 6.75. The first-order valence-electron chi connectivity index (χ1n) is 12.1. The topological polar surface area (TPSA) is 134 Å². The van der Waals surface area contributed by atoms with E-state index in [1.807, 2.05) is 24.6 Å². The molecule has 2 aliphatic rings. The number of aromatic nitrogens is 6. The van der Waals surface area contributed by atoms with Crippen LogP contribution in [0.15, 0.2) is 24.8 Å². The maximum Gasteiger partial charge on any atom is 0.240 e. The average molecular weight is 514 g/mol.